The SMILES string of the molecule is O[C@@H]1CN(c2ncc(F)c(N3CCCC3)n2)C[C@H]1Cc1ccncc1. The van der Waals surface area contributed by atoms with Crippen LogP contribution in [0.5, 0.6) is 0 Å². The molecule has 7 heteroatoms. The standard InChI is InChI=1S/C18H22FN5O/c19-15-10-21-18(22-17(15)23-7-1-2-8-23)24-11-14(16(25)12-24)9-13-3-5-20-6-4-13/h3-6,10,14,16,25H,1-2,7-9,11-12H2/t14-,16-/m1/s1. The number of rotatable bonds is 4. The van der Waals surface area contributed by atoms with Crippen molar-refractivity contribution >= 4 is 11.8 Å². The molecule has 25 heavy (non-hydrogen) atoms. The quantitative estimate of drug-likeness (QED) is 0.911. The minimum absolute atomic E-state index is 0.103. The van der Waals surface area contributed by atoms with E-state index in [0.29, 0.717) is 24.9 Å². The van der Waals surface area contributed by atoms with E-state index in [0.717, 1.165) is 37.9 Å². The van der Waals surface area contributed by atoms with Gasteiger partial charge in [0.25, 0.3) is 0 Å². The molecule has 6 nitrogen and oxygen atoms in total. The highest BCUT2D eigenvalue weighted by molar-refractivity contribution is 5.46. The van der Waals surface area contributed by atoms with E-state index < -0.39 is 6.10 Å². The van der Waals surface area contributed by atoms with E-state index in [4.69, 9.17) is 0 Å². The van der Waals surface area contributed by atoms with Crippen LogP contribution >= 0.6 is 0 Å². The summed E-state index contributed by atoms with van der Waals surface area (Å²) in [7, 11) is 0. The number of hydrogen-bond donors (Lipinski definition) is 1. The summed E-state index contributed by atoms with van der Waals surface area (Å²) in [6, 6.07) is 3.94. The molecule has 2 aromatic rings. The molecule has 0 unspecified atom stereocenters. The van der Waals surface area contributed by atoms with Crippen LogP contribution in [0, 0.1) is 11.7 Å². The highest BCUT2D eigenvalue weighted by Gasteiger charge is 2.33. The number of halogens is 1. The Balaban J connectivity index is 1.50. The van der Waals surface area contributed by atoms with E-state index >= 15 is 0 Å². The van der Waals surface area contributed by atoms with Gasteiger partial charge in [-0.3, -0.25) is 4.98 Å². The van der Waals surface area contributed by atoms with Gasteiger partial charge in [-0.15, -0.1) is 0 Å². The molecule has 4 heterocycles. The fourth-order valence-electron chi connectivity index (χ4n) is 3.69. The Kier molecular flexibility index (Phi) is 4.48. The number of pyridine rings is 1. The van der Waals surface area contributed by atoms with Crippen LogP contribution in [0.3, 0.4) is 0 Å². The van der Waals surface area contributed by atoms with E-state index in [9.17, 15) is 9.50 Å². The van der Waals surface area contributed by atoms with Crippen molar-refractivity contribution < 1.29 is 9.50 Å². The van der Waals surface area contributed by atoms with Crippen molar-refractivity contribution in [2.75, 3.05) is 36.0 Å². The summed E-state index contributed by atoms with van der Waals surface area (Å²) < 4.78 is 14.1. The first-order valence-corrected chi connectivity index (χ1v) is 8.80. The van der Waals surface area contributed by atoms with Gasteiger partial charge in [0, 0.05) is 44.5 Å². The molecular weight excluding hydrogens is 321 g/mol. The first kappa shape index (κ1) is 16.2. The summed E-state index contributed by atoms with van der Waals surface area (Å²) in [6.45, 7) is 2.80. The van der Waals surface area contributed by atoms with Crippen LogP contribution in [0.4, 0.5) is 16.2 Å². The van der Waals surface area contributed by atoms with Crippen molar-refractivity contribution in [3.63, 3.8) is 0 Å². The van der Waals surface area contributed by atoms with E-state index in [1.807, 2.05) is 21.9 Å². The lowest BCUT2D eigenvalue weighted by molar-refractivity contribution is 0.148. The minimum Gasteiger partial charge on any atom is -0.391 e. The first-order valence-electron chi connectivity index (χ1n) is 8.80. The highest BCUT2D eigenvalue weighted by Crippen LogP contribution is 2.27. The lowest BCUT2D eigenvalue weighted by Crippen LogP contribution is -2.26. The van der Waals surface area contributed by atoms with Crippen molar-refractivity contribution in [2.24, 2.45) is 5.92 Å². The maximum atomic E-state index is 14.1. The molecule has 0 radical (unpaired) electrons. The summed E-state index contributed by atoms with van der Waals surface area (Å²) >= 11 is 0. The Hall–Kier alpha value is -2.28. The number of aliphatic hydroxyl groups is 1. The monoisotopic (exact) mass is 343 g/mol. The Labute approximate surface area is 146 Å². The van der Waals surface area contributed by atoms with Gasteiger partial charge in [-0.2, -0.15) is 4.98 Å². The molecule has 2 saturated heterocycles. The third kappa shape index (κ3) is 3.42. The van der Waals surface area contributed by atoms with Crippen LogP contribution in [0.15, 0.2) is 30.7 Å². The van der Waals surface area contributed by atoms with Gasteiger partial charge in [0.05, 0.1) is 12.3 Å². The molecule has 0 aliphatic carbocycles. The van der Waals surface area contributed by atoms with Gasteiger partial charge in [0.2, 0.25) is 5.95 Å². The average Bonchev–Trinajstić information content (AvgIpc) is 3.27. The van der Waals surface area contributed by atoms with Gasteiger partial charge in [0.1, 0.15) is 0 Å². The van der Waals surface area contributed by atoms with E-state index in [2.05, 4.69) is 15.0 Å². The van der Waals surface area contributed by atoms with Crippen LogP contribution in [0.25, 0.3) is 0 Å². The van der Waals surface area contributed by atoms with Gasteiger partial charge < -0.3 is 14.9 Å². The zero-order chi connectivity index (χ0) is 17.2. The average molecular weight is 343 g/mol. The van der Waals surface area contributed by atoms with Crippen molar-refractivity contribution in [1.29, 1.82) is 0 Å². The topological polar surface area (TPSA) is 65.4 Å². The Morgan fingerprint density at radius 1 is 1.12 bits per heavy atom. The fourth-order valence-corrected chi connectivity index (χ4v) is 3.69. The van der Waals surface area contributed by atoms with Gasteiger partial charge in [0.15, 0.2) is 11.6 Å². The zero-order valence-corrected chi connectivity index (χ0v) is 14.1. The molecule has 0 saturated carbocycles. The lowest BCUT2D eigenvalue weighted by Gasteiger charge is -2.21. The largest absolute Gasteiger partial charge is 0.391 e. The van der Waals surface area contributed by atoms with E-state index in [1.54, 1.807) is 12.4 Å². The van der Waals surface area contributed by atoms with Crippen molar-refractivity contribution in [3.8, 4) is 0 Å². The highest BCUT2D eigenvalue weighted by atomic mass is 19.1. The summed E-state index contributed by atoms with van der Waals surface area (Å²) in [6.07, 6.45) is 7.24. The van der Waals surface area contributed by atoms with Gasteiger partial charge >= 0.3 is 0 Å². The molecule has 0 bridgehead atoms. The van der Waals surface area contributed by atoms with Crippen LogP contribution in [-0.4, -0.2) is 52.3 Å². The Bertz CT molecular complexity index is 723. The first-order chi connectivity index (χ1) is 12.2. The number of aromatic nitrogens is 3. The minimum atomic E-state index is -0.447. The van der Waals surface area contributed by atoms with Crippen molar-refractivity contribution in [2.45, 2.75) is 25.4 Å². The molecule has 2 aromatic heterocycles. The maximum absolute atomic E-state index is 14.1. The predicted molar refractivity (Wildman–Crippen MR) is 93.1 cm³/mol. The molecule has 2 aliphatic rings. The maximum Gasteiger partial charge on any atom is 0.227 e. The third-order valence-electron chi connectivity index (χ3n) is 5.06. The molecule has 0 spiro atoms. The van der Waals surface area contributed by atoms with Gasteiger partial charge in [-0.25, -0.2) is 9.37 Å². The van der Waals surface area contributed by atoms with Gasteiger partial charge in [-0.05, 0) is 37.0 Å². The summed E-state index contributed by atoms with van der Waals surface area (Å²) in [4.78, 5) is 16.6. The van der Waals surface area contributed by atoms with Gasteiger partial charge in [-0.1, -0.05) is 0 Å². The molecule has 2 atom stereocenters. The molecule has 1 N–H and O–H groups in total. The van der Waals surface area contributed by atoms with E-state index in [-0.39, 0.29) is 11.7 Å². The second kappa shape index (κ2) is 6.92. The zero-order valence-electron chi connectivity index (χ0n) is 14.1. The van der Waals surface area contributed by atoms with Crippen LogP contribution < -0.4 is 9.80 Å². The molecule has 0 aromatic carbocycles. The molecule has 2 aliphatic heterocycles. The molecular formula is C18H22FN5O. The number of β-amino-alcohol motifs (C(OH)–C–C–N with tert-alkyl or cyclic N) is 1. The summed E-state index contributed by atoms with van der Waals surface area (Å²) in [5.74, 6) is 0.610. The number of aliphatic hydroxyl groups excluding tert-OH is 1. The van der Waals surface area contributed by atoms with Crippen LogP contribution in [0.1, 0.15) is 18.4 Å². The Morgan fingerprint density at radius 2 is 1.88 bits per heavy atom. The summed E-state index contributed by atoms with van der Waals surface area (Å²) in [5, 5.41) is 10.4. The predicted octanol–water partition coefficient (Wildman–Crippen LogP) is 1.65. The normalized spacial score (nSPS) is 23.4. The number of anilines is 2. The third-order valence-corrected chi connectivity index (χ3v) is 5.06. The molecule has 2 fully saturated rings. The second-order valence-corrected chi connectivity index (χ2v) is 6.83. The lowest BCUT2D eigenvalue weighted by atomic mass is 9.97. The Morgan fingerprint density at radius 3 is 2.64 bits per heavy atom. The van der Waals surface area contributed by atoms with Crippen molar-refractivity contribution in [1.82, 2.24) is 15.0 Å². The van der Waals surface area contributed by atoms with Crippen LogP contribution in [-0.2, 0) is 6.42 Å². The smallest absolute Gasteiger partial charge is 0.227 e. The van der Waals surface area contributed by atoms with Crippen molar-refractivity contribution in [3.05, 3.63) is 42.1 Å². The fraction of sp³-hybridized carbons (Fsp3) is 0.500. The number of hydrogen-bond acceptors (Lipinski definition) is 6. The van der Waals surface area contributed by atoms with Crippen LogP contribution in [0.2, 0.25) is 0 Å². The van der Waals surface area contributed by atoms with E-state index in [1.165, 1.54) is 6.20 Å². The summed E-state index contributed by atoms with van der Waals surface area (Å²) in [5.41, 5.74) is 1.15. The molecule has 4 rings (SSSR count). The molecule has 132 valence electrons. The second-order valence-electron chi connectivity index (χ2n) is 6.83. The molecule has 0 amide bonds. The number of nitrogens with zero attached hydrogens (tertiary/aromatic N) is 5.